The Balaban J connectivity index is 1.93. The zero-order valence-electron chi connectivity index (χ0n) is 13.7. The number of Topliss-reactive ketones (excluding diaryl/α,β-unsaturated/α-hetero) is 1. The number of rotatable bonds is 3. The maximum absolute atomic E-state index is 14.5. The average Bonchev–Trinajstić information content (AvgIpc) is 2.94. The summed E-state index contributed by atoms with van der Waals surface area (Å²) in [6.07, 6.45) is 3.55. The normalized spacial score (nSPS) is 13.5. The number of allylic oxidation sites excluding steroid dienone is 3. The number of hydrogen-bond donors (Lipinski definition) is 0. The van der Waals surface area contributed by atoms with Gasteiger partial charge in [-0.3, -0.25) is 4.79 Å². The van der Waals surface area contributed by atoms with Gasteiger partial charge in [0.2, 0.25) is 0 Å². The second-order valence-electron chi connectivity index (χ2n) is 6.04. The van der Waals surface area contributed by atoms with Gasteiger partial charge in [-0.15, -0.1) is 0 Å². The van der Waals surface area contributed by atoms with Gasteiger partial charge in [0.1, 0.15) is 11.6 Å². The van der Waals surface area contributed by atoms with E-state index < -0.39 is 11.6 Å². The highest BCUT2D eigenvalue weighted by Crippen LogP contribution is 2.41. The molecule has 0 aliphatic heterocycles. The summed E-state index contributed by atoms with van der Waals surface area (Å²) in [6.45, 7) is 0. The van der Waals surface area contributed by atoms with E-state index in [9.17, 15) is 13.6 Å². The Kier molecular flexibility index (Phi) is 4.05. The van der Waals surface area contributed by atoms with Gasteiger partial charge in [0.15, 0.2) is 5.78 Å². The molecular formula is C23H14F2O. The molecule has 3 aromatic rings. The van der Waals surface area contributed by atoms with Crippen LogP contribution in [0.2, 0.25) is 0 Å². The molecular weight excluding hydrogens is 330 g/mol. The van der Waals surface area contributed by atoms with Crippen molar-refractivity contribution < 1.29 is 13.6 Å². The van der Waals surface area contributed by atoms with Crippen molar-refractivity contribution in [1.29, 1.82) is 0 Å². The lowest BCUT2D eigenvalue weighted by molar-refractivity contribution is 0.105. The summed E-state index contributed by atoms with van der Waals surface area (Å²) in [5, 5.41) is 0. The Bertz CT molecular complexity index is 1050. The Morgan fingerprint density at radius 2 is 1.42 bits per heavy atom. The van der Waals surface area contributed by atoms with Crippen LogP contribution in [0.5, 0.6) is 0 Å². The second-order valence-corrected chi connectivity index (χ2v) is 6.04. The number of ketones is 1. The van der Waals surface area contributed by atoms with Crippen LogP contribution >= 0.6 is 0 Å². The molecule has 0 spiro atoms. The van der Waals surface area contributed by atoms with E-state index in [-0.39, 0.29) is 16.9 Å². The molecule has 0 radical (unpaired) electrons. The first kappa shape index (κ1) is 16.2. The van der Waals surface area contributed by atoms with Gasteiger partial charge in [-0.25, -0.2) is 8.78 Å². The number of hydrogen-bond acceptors (Lipinski definition) is 1. The van der Waals surface area contributed by atoms with Gasteiger partial charge in [0, 0.05) is 22.8 Å². The smallest absolute Gasteiger partial charge is 0.195 e. The van der Waals surface area contributed by atoms with E-state index >= 15 is 0 Å². The number of halogens is 2. The summed E-state index contributed by atoms with van der Waals surface area (Å²) in [6, 6.07) is 20.5. The van der Waals surface area contributed by atoms with E-state index in [1.165, 1.54) is 0 Å². The Morgan fingerprint density at radius 1 is 0.769 bits per heavy atom. The van der Waals surface area contributed by atoms with Gasteiger partial charge in [-0.1, -0.05) is 72.8 Å². The summed E-state index contributed by atoms with van der Waals surface area (Å²) in [5.74, 6) is -1.85. The minimum absolute atomic E-state index is 0.0639. The van der Waals surface area contributed by atoms with Gasteiger partial charge in [0.25, 0.3) is 0 Å². The molecule has 1 aliphatic carbocycles. The minimum Gasteiger partial charge on any atom is -0.289 e. The van der Waals surface area contributed by atoms with Crippen molar-refractivity contribution in [3.05, 3.63) is 113 Å². The van der Waals surface area contributed by atoms with Crippen molar-refractivity contribution in [2.75, 3.05) is 0 Å². The first-order valence-corrected chi connectivity index (χ1v) is 8.22. The van der Waals surface area contributed by atoms with Crippen molar-refractivity contribution in [2.24, 2.45) is 0 Å². The van der Waals surface area contributed by atoms with Crippen LogP contribution in [0.4, 0.5) is 8.78 Å². The van der Waals surface area contributed by atoms with Crippen LogP contribution < -0.4 is 0 Å². The van der Waals surface area contributed by atoms with E-state index in [1.807, 2.05) is 54.6 Å². The fraction of sp³-hybridized carbons (Fsp3) is 0. The maximum Gasteiger partial charge on any atom is 0.195 e. The molecule has 0 saturated heterocycles. The fourth-order valence-corrected chi connectivity index (χ4v) is 3.21. The van der Waals surface area contributed by atoms with Crippen LogP contribution in [0.25, 0.3) is 17.2 Å². The highest BCUT2D eigenvalue weighted by Gasteiger charge is 2.32. The lowest BCUT2D eigenvalue weighted by atomic mass is 9.99. The van der Waals surface area contributed by atoms with Gasteiger partial charge < -0.3 is 0 Å². The molecule has 3 heteroatoms. The maximum atomic E-state index is 14.5. The molecule has 0 bridgehead atoms. The third kappa shape index (κ3) is 2.78. The molecule has 0 unspecified atom stereocenters. The zero-order chi connectivity index (χ0) is 18.1. The molecule has 0 aromatic heterocycles. The summed E-state index contributed by atoms with van der Waals surface area (Å²) < 4.78 is 28.2. The van der Waals surface area contributed by atoms with Gasteiger partial charge >= 0.3 is 0 Å². The molecule has 0 fully saturated rings. The predicted octanol–water partition coefficient (Wildman–Crippen LogP) is 5.79. The SMILES string of the molecule is O=C1C(c2ccccc2)=C(/C=C/c2ccccc2)c2c(F)cc(F)cc21. The molecule has 1 aliphatic rings. The Labute approximate surface area is 149 Å². The Morgan fingerprint density at radius 3 is 2.12 bits per heavy atom. The second kappa shape index (κ2) is 6.52. The summed E-state index contributed by atoms with van der Waals surface area (Å²) in [7, 11) is 0. The van der Waals surface area contributed by atoms with Crippen molar-refractivity contribution in [3.8, 4) is 0 Å². The van der Waals surface area contributed by atoms with Crippen LogP contribution in [-0.2, 0) is 0 Å². The highest BCUT2D eigenvalue weighted by atomic mass is 19.1. The van der Waals surface area contributed by atoms with Crippen molar-refractivity contribution in [3.63, 3.8) is 0 Å². The predicted molar refractivity (Wildman–Crippen MR) is 99.4 cm³/mol. The van der Waals surface area contributed by atoms with E-state index in [4.69, 9.17) is 0 Å². The molecule has 0 heterocycles. The third-order valence-electron chi connectivity index (χ3n) is 4.37. The van der Waals surface area contributed by atoms with E-state index in [0.29, 0.717) is 16.7 Å². The Hall–Kier alpha value is -3.33. The van der Waals surface area contributed by atoms with Crippen molar-refractivity contribution >= 4 is 23.0 Å². The summed E-state index contributed by atoms with van der Waals surface area (Å²) >= 11 is 0. The molecule has 3 aromatic carbocycles. The monoisotopic (exact) mass is 344 g/mol. The van der Waals surface area contributed by atoms with Crippen LogP contribution in [0.1, 0.15) is 27.0 Å². The van der Waals surface area contributed by atoms with Crippen LogP contribution in [-0.4, -0.2) is 5.78 Å². The van der Waals surface area contributed by atoms with E-state index in [2.05, 4.69) is 0 Å². The molecule has 0 atom stereocenters. The lowest BCUT2D eigenvalue weighted by Gasteiger charge is -2.05. The fourth-order valence-electron chi connectivity index (χ4n) is 3.21. The highest BCUT2D eigenvalue weighted by molar-refractivity contribution is 6.41. The largest absolute Gasteiger partial charge is 0.289 e. The molecule has 0 N–H and O–H groups in total. The summed E-state index contributed by atoms with van der Waals surface area (Å²) in [5.41, 5.74) is 2.68. The minimum atomic E-state index is -0.754. The quantitative estimate of drug-likeness (QED) is 0.588. The lowest BCUT2D eigenvalue weighted by Crippen LogP contribution is -1.99. The number of benzene rings is 3. The van der Waals surface area contributed by atoms with E-state index in [0.717, 1.165) is 17.7 Å². The first-order valence-electron chi connectivity index (χ1n) is 8.22. The number of fused-ring (bicyclic) bond motifs is 1. The van der Waals surface area contributed by atoms with E-state index in [1.54, 1.807) is 18.2 Å². The summed E-state index contributed by atoms with van der Waals surface area (Å²) in [4.78, 5) is 12.9. The van der Waals surface area contributed by atoms with Crippen LogP contribution in [0.3, 0.4) is 0 Å². The average molecular weight is 344 g/mol. The molecule has 1 nitrogen and oxygen atoms in total. The number of carbonyl (C=O) groups excluding carboxylic acids is 1. The molecule has 4 rings (SSSR count). The van der Waals surface area contributed by atoms with Gasteiger partial charge in [0.05, 0.1) is 0 Å². The topological polar surface area (TPSA) is 17.1 Å². The van der Waals surface area contributed by atoms with Crippen LogP contribution in [0, 0.1) is 11.6 Å². The van der Waals surface area contributed by atoms with Crippen molar-refractivity contribution in [2.45, 2.75) is 0 Å². The van der Waals surface area contributed by atoms with Gasteiger partial charge in [-0.05, 0) is 22.8 Å². The van der Waals surface area contributed by atoms with Gasteiger partial charge in [-0.2, -0.15) is 0 Å². The third-order valence-corrected chi connectivity index (χ3v) is 4.37. The van der Waals surface area contributed by atoms with Crippen LogP contribution in [0.15, 0.2) is 78.9 Å². The first-order chi connectivity index (χ1) is 12.6. The molecule has 0 saturated carbocycles. The molecule has 0 amide bonds. The zero-order valence-corrected chi connectivity index (χ0v) is 13.7. The number of carbonyl (C=O) groups is 1. The van der Waals surface area contributed by atoms with Crippen molar-refractivity contribution in [1.82, 2.24) is 0 Å². The standard InChI is InChI=1S/C23H14F2O/c24-17-13-19-22(20(25)14-17)18(12-11-15-7-3-1-4-8-15)21(23(19)26)16-9-5-2-6-10-16/h1-14H/b12-11+. The molecule has 126 valence electrons. The molecule has 26 heavy (non-hydrogen) atoms.